The van der Waals surface area contributed by atoms with E-state index in [9.17, 15) is 4.79 Å². The van der Waals surface area contributed by atoms with Gasteiger partial charge < -0.3 is 15.0 Å². The van der Waals surface area contributed by atoms with Crippen LogP contribution in [0.15, 0.2) is 0 Å². The summed E-state index contributed by atoms with van der Waals surface area (Å²) in [6.07, 6.45) is 6.04. The Balaban J connectivity index is 1.73. The molecule has 2 fully saturated rings. The Morgan fingerprint density at radius 1 is 1.39 bits per heavy atom. The Kier molecular flexibility index (Phi) is 5.01. The number of esters is 1. The number of ether oxygens (including phenoxy) is 1. The van der Waals surface area contributed by atoms with Crippen LogP contribution >= 0.6 is 0 Å². The molecule has 18 heavy (non-hydrogen) atoms. The first-order chi connectivity index (χ1) is 8.72. The van der Waals surface area contributed by atoms with Crippen molar-refractivity contribution in [1.29, 1.82) is 0 Å². The Labute approximate surface area is 110 Å². The first-order valence-electron chi connectivity index (χ1n) is 7.29. The molecule has 0 amide bonds. The number of carbonyl (C=O) groups is 1. The van der Waals surface area contributed by atoms with Crippen LogP contribution in [0.5, 0.6) is 0 Å². The summed E-state index contributed by atoms with van der Waals surface area (Å²) in [5.41, 5.74) is 0. The molecule has 1 unspecified atom stereocenters. The van der Waals surface area contributed by atoms with Crippen LogP contribution in [-0.2, 0) is 9.53 Å². The van der Waals surface area contributed by atoms with Gasteiger partial charge in [-0.3, -0.25) is 4.79 Å². The third-order valence-electron chi connectivity index (χ3n) is 3.89. The van der Waals surface area contributed by atoms with Crippen molar-refractivity contribution in [2.75, 3.05) is 26.7 Å². The van der Waals surface area contributed by atoms with E-state index in [0.717, 1.165) is 25.4 Å². The van der Waals surface area contributed by atoms with Crippen LogP contribution in [0.1, 0.15) is 39.0 Å². The molecule has 2 rings (SSSR count). The average Bonchev–Trinajstić information content (AvgIpc) is 3.25. The average molecular weight is 254 g/mol. The van der Waals surface area contributed by atoms with Gasteiger partial charge in [-0.05, 0) is 44.6 Å². The minimum atomic E-state index is -0.115. The van der Waals surface area contributed by atoms with Crippen LogP contribution in [0.3, 0.4) is 0 Å². The second-order valence-electron chi connectivity index (χ2n) is 5.64. The molecule has 0 aromatic rings. The molecule has 0 bridgehead atoms. The smallest absolute Gasteiger partial charge is 0.322 e. The van der Waals surface area contributed by atoms with Crippen molar-refractivity contribution in [2.24, 2.45) is 5.92 Å². The lowest BCUT2D eigenvalue weighted by atomic mass is 10.2. The zero-order valence-corrected chi connectivity index (χ0v) is 11.7. The number of nitrogens with one attached hydrogen (secondary N) is 1. The summed E-state index contributed by atoms with van der Waals surface area (Å²) in [6.45, 7) is 5.47. The van der Waals surface area contributed by atoms with Gasteiger partial charge in [0.2, 0.25) is 0 Å². The molecule has 0 aromatic heterocycles. The van der Waals surface area contributed by atoms with Gasteiger partial charge in [0, 0.05) is 19.1 Å². The van der Waals surface area contributed by atoms with Gasteiger partial charge in [0.25, 0.3) is 0 Å². The van der Waals surface area contributed by atoms with Crippen LogP contribution < -0.4 is 5.32 Å². The zero-order valence-electron chi connectivity index (χ0n) is 11.7. The fourth-order valence-electron chi connectivity index (χ4n) is 2.30. The Morgan fingerprint density at radius 2 is 2.11 bits per heavy atom. The summed E-state index contributed by atoms with van der Waals surface area (Å²) in [5.74, 6) is 0.808. The molecule has 1 atom stereocenters. The van der Waals surface area contributed by atoms with Gasteiger partial charge in [0.05, 0.1) is 7.11 Å². The van der Waals surface area contributed by atoms with Gasteiger partial charge in [-0.25, -0.2) is 0 Å². The number of hydrogen-bond acceptors (Lipinski definition) is 4. The molecule has 0 radical (unpaired) electrons. The third kappa shape index (κ3) is 4.58. The molecule has 2 saturated carbocycles. The number of hydrogen-bond donors (Lipinski definition) is 1. The molecule has 4 nitrogen and oxygen atoms in total. The van der Waals surface area contributed by atoms with E-state index >= 15 is 0 Å². The van der Waals surface area contributed by atoms with Crippen molar-refractivity contribution in [3.63, 3.8) is 0 Å². The molecule has 2 aliphatic rings. The standard InChI is InChI=1S/C14H26N2O2/c1-3-16(10-11-4-5-11)9-8-13(14(17)18-2)15-12-6-7-12/h11-13,15H,3-10H2,1-2H3. The van der Waals surface area contributed by atoms with E-state index in [1.165, 1.54) is 39.3 Å². The fraction of sp³-hybridized carbons (Fsp3) is 0.929. The lowest BCUT2D eigenvalue weighted by Gasteiger charge is -2.23. The maximum Gasteiger partial charge on any atom is 0.322 e. The molecular weight excluding hydrogens is 228 g/mol. The van der Waals surface area contributed by atoms with Crippen LogP contribution in [-0.4, -0.2) is 49.7 Å². The molecule has 4 heteroatoms. The van der Waals surface area contributed by atoms with Gasteiger partial charge in [-0.15, -0.1) is 0 Å². The highest BCUT2D eigenvalue weighted by atomic mass is 16.5. The fourth-order valence-corrected chi connectivity index (χ4v) is 2.30. The van der Waals surface area contributed by atoms with E-state index in [2.05, 4.69) is 17.1 Å². The zero-order chi connectivity index (χ0) is 13.0. The van der Waals surface area contributed by atoms with E-state index in [1.54, 1.807) is 0 Å². The molecule has 0 saturated heterocycles. The van der Waals surface area contributed by atoms with Crippen LogP contribution in [0.25, 0.3) is 0 Å². The molecule has 0 aliphatic heterocycles. The van der Waals surface area contributed by atoms with Crippen molar-refractivity contribution in [2.45, 2.75) is 51.1 Å². The number of methoxy groups -OCH3 is 1. The first-order valence-corrected chi connectivity index (χ1v) is 7.29. The Hall–Kier alpha value is -0.610. The van der Waals surface area contributed by atoms with Crippen molar-refractivity contribution in [1.82, 2.24) is 10.2 Å². The molecule has 2 aliphatic carbocycles. The SMILES string of the molecule is CCN(CCC(NC1CC1)C(=O)OC)CC1CC1. The number of carbonyl (C=O) groups excluding carboxylic acids is 1. The molecule has 0 aromatic carbocycles. The first kappa shape index (κ1) is 13.8. The number of rotatable bonds is 9. The summed E-state index contributed by atoms with van der Waals surface area (Å²) in [4.78, 5) is 14.2. The van der Waals surface area contributed by atoms with Gasteiger partial charge in [-0.1, -0.05) is 6.92 Å². The van der Waals surface area contributed by atoms with Crippen molar-refractivity contribution >= 4 is 5.97 Å². The van der Waals surface area contributed by atoms with Gasteiger partial charge in [-0.2, -0.15) is 0 Å². The molecule has 104 valence electrons. The molecule has 0 spiro atoms. The van der Waals surface area contributed by atoms with Crippen molar-refractivity contribution in [3.05, 3.63) is 0 Å². The van der Waals surface area contributed by atoms with Crippen molar-refractivity contribution in [3.8, 4) is 0 Å². The van der Waals surface area contributed by atoms with E-state index in [-0.39, 0.29) is 12.0 Å². The second-order valence-corrected chi connectivity index (χ2v) is 5.64. The summed E-state index contributed by atoms with van der Waals surface area (Å²) in [5, 5.41) is 3.39. The van der Waals surface area contributed by atoms with Gasteiger partial charge >= 0.3 is 5.97 Å². The maximum absolute atomic E-state index is 11.7. The largest absolute Gasteiger partial charge is 0.468 e. The minimum absolute atomic E-state index is 0.107. The molecular formula is C14H26N2O2. The highest BCUT2D eigenvalue weighted by molar-refractivity contribution is 5.75. The second kappa shape index (κ2) is 6.53. The monoisotopic (exact) mass is 254 g/mol. The highest BCUT2D eigenvalue weighted by Crippen LogP contribution is 2.29. The Morgan fingerprint density at radius 3 is 2.61 bits per heavy atom. The molecule has 0 heterocycles. The summed E-state index contributed by atoms with van der Waals surface area (Å²) >= 11 is 0. The number of nitrogens with zero attached hydrogens (tertiary/aromatic N) is 1. The Bertz CT molecular complexity index is 275. The van der Waals surface area contributed by atoms with E-state index in [4.69, 9.17) is 4.74 Å². The topological polar surface area (TPSA) is 41.6 Å². The van der Waals surface area contributed by atoms with Crippen LogP contribution in [0, 0.1) is 5.92 Å². The van der Waals surface area contributed by atoms with E-state index in [0.29, 0.717) is 6.04 Å². The third-order valence-corrected chi connectivity index (χ3v) is 3.89. The van der Waals surface area contributed by atoms with Crippen LogP contribution in [0.2, 0.25) is 0 Å². The lowest BCUT2D eigenvalue weighted by Crippen LogP contribution is -2.42. The summed E-state index contributed by atoms with van der Waals surface area (Å²) in [7, 11) is 1.48. The normalized spacial score (nSPS) is 21.1. The van der Waals surface area contributed by atoms with Gasteiger partial charge in [0.1, 0.15) is 6.04 Å². The van der Waals surface area contributed by atoms with Gasteiger partial charge in [0.15, 0.2) is 0 Å². The van der Waals surface area contributed by atoms with E-state index < -0.39 is 0 Å². The van der Waals surface area contributed by atoms with E-state index in [1.807, 2.05) is 0 Å². The van der Waals surface area contributed by atoms with Crippen molar-refractivity contribution < 1.29 is 9.53 Å². The highest BCUT2D eigenvalue weighted by Gasteiger charge is 2.29. The predicted molar refractivity (Wildman–Crippen MR) is 71.4 cm³/mol. The minimum Gasteiger partial charge on any atom is -0.468 e. The molecule has 1 N–H and O–H groups in total. The summed E-state index contributed by atoms with van der Waals surface area (Å²) in [6, 6.07) is 0.434. The van der Waals surface area contributed by atoms with Crippen LogP contribution in [0.4, 0.5) is 0 Å². The lowest BCUT2D eigenvalue weighted by molar-refractivity contribution is -0.143. The predicted octanol–water partition coefficient (Wildman–Crippen LogP) is 1.40. The quantitative estimate of drug-likeness (QED) is 0.632. The maximum atomic E-state index is 11.7. The summed E-state index contributed by atoms with van der Waals surface area (Å²) < 4.78 is 4.88.